The fourth-order valence-electron chi connectivity index (χ4n) is 2.30. The molecular formula is C14H20N2O. The largest absolute Gasteiger partial charge is 0.379 e. The molecule has 0 amide bonds. The normalized spacial score (nSPS) is 21.6. The van der Waals surface area contributed by atoms with Crippen LogP contribution in [0.1, 0.15) is 29.9 Å². The molecule has 1 heterocycles. The van der Waals surface area contributed by atoms with E-state index in [1.807, 2.05) is 0 Å². The third-order valence-electron chi connectivity index (χ3n) is 3.52. The van der Waals surface area contributed by atoms with Crippen LogP contribution in [0.25, 0.3) is 0 Å². The zero-order valence-electron chi connectivity index (χ0n) is 10.2. The van der Waals surface area contributed by atoms with Crippen LogP contribution in [0, 0.1) is 0 Å². The fourth-order valence-corrected chi connectivity index (χ4v) is 2.30. The summed E-state index contributed by atoms with van der Waals surface area (Å²) in [6.45, 7) is 4.59. The van der Waals surface area contributed by atoms with Crippen molar-refractivity contribution in [2.75, 3.05) is 26.3 Å². The molecule has 2 aliphatic rings. The van der Waals surface area contributed by atoms with Gasteiger partial charge in [-0.25, -0.2) is 5.01 Å². The van der Waals surface area contributed by atoms with Gasteiger partial charge in [-0.2, -0.15) is 0 Å². The zero-order chi connectivity index (χ0) is 11.5. The van der Waals surface area contributed by atoms with E-state index in [1.165, 1.54) is 24.0 Å². The molecule has 0 bridgehead atoms. The number of hydrogen-bond donors (Lipinski definition) is 1. The SMILES string of the molecule is c1cc(CNN2CCOCC2)cc(C2CC2)c1. The molecule has 1 aromatic carbocycles. The second kappa shape index (κ2) is 5.17. The van der Waals surface area contributed by atoms with Crippen LogP contribution in [0.5, 0.6) is 0 Å². The van der Waals surface area contributed by atoms with Crippen LogP contribution < -0.4 is 5.43 Å². The van der Waals surface area contributed by atoms with E-state index in [2.05, 4.69) is 34.7 Å². The number of morpholine rings is 1. The maximum atomic E-state index is 5.33. The minimum absolute atomic E-state index is 0.842. The van der Waals surface area contributed by atoms with Gasteiger partial charge in [-0.3, -0.25) is 5.43 Å². The number of nitrogens with zero attached hydrogens (tertiary/aromatic N) is 1. The lowest BCUT2D eigenvalue weighted by atomic mass is 10.1. The molecule has 2 fully saturated rings. The average Bonchev–Trinajstić information content (AvgIpc) is 3.22. The van der Waals surface area contributed by atoms with E-state index >= 15 is 0 Å². The first-order valence-corrected chi connectivity index (χ1v) is 6.57. The van der Waals surface area contributed by atoms with E-state index in [1.54, 1.807) is 0 Å². The second-order valence-corrected chi connectivity index (χ2v) is 4.95. The highest BCUT2D eigenvalue weighted by Gasteiger charge is 2.23. The van der Waals surface area contributed by atoms with Gasteiger partial charge < -0.3 is 4.74 Å². The van der Waals surface area contributed by atoms with Crippen LogP contribution in [0.4, 0.5) is 0 Å². The summed E-state index contributed by atoms with van der Waals surface area (Å²) in [6.07, 6.45) is 2.75. The van der Waals surface area contributed by atoms with Crippen LogP contribution in [0.3, 0.4) is 0 Å². The summed E-state index contributed by atoms with van der Waals surface area (Å²) in [7, 11) is 0. The molecule has 0 spiro atoms. The summed E-state index contributed by atoms with van der Waals surface area (Å²) in [5, 5.41) is 2.26. The minimum Gasteiger partial charge on any atom is -0.379 e. The molecule has 1 aliphatic heterocycles. The number of rotatable bonds is 4. The molecule has 17 heavy (non-hydrogen) atoms. The second-order valence-electron chi connectivity index (χ2n) is 4.95. The standard InChI is InChI=1S/C14H20N2O/c1-2-12(10-14(3-1)13-4-5-13)11-15-16-6-8-17-9-7-16/h1-3,10,13,15H,4-9,11H2. The van der Waals surface area contributed by atoms with Gasteiger partial charge >= 0.3 is 0 Å². The number of hydrogen-bond acceptors (Lipinski definition) is 3. The van der Waals surface area contributed by atoms with Crippen molar-refractivity contribution >= 4 is 0 Å². The van der Waals surface area contributed by atoms with E-state index < -0.39 is 0 Å². The van der Waals surface area contributed by atoms with Gasteiger partial charge in [-0.05, 0) is 29.9 Å². The lowest BCUT2D eigenvalue weighted by Crippen LogP contribution is -2.45. The van der Waals surface area contributed by atoms with Crippen molar-refractivity contribution in [1.29, 1.82) is 0 Å². The first-order chi connectivity index (χ1) is 8.42. The van der Waals surface area contributed by atoms with E-state index in [-0.39, 0.29) is 0 Å². The predicted octanol–water partition coefficient (Wildman–Crippen LogP) is 1.90. The predicted molar refractivity (Wildman–Crippen MR) is 67.6 cm³/mol. The Bertz CT molecular complexity index is 370. The summed E-state index contributed by atoms with van der Waals surface area (Å²) in [5.41, 5.74) is 6.39. The molecule has 0 unspecified atom stereocenters. The van der Waals surface area contributed by atoms with Gasteiger partial charge in [-0.15, -0.1) is 0 Å². The fraction of sp³-hybridized carbons (Fsp3) is 0.571. The van der Waals surface area contributed by atoms with Crippen LogP contribution in [0.15, 0.2) is 24.3 Å². The van der Waals surface area contributed by atoms with Crippen LogP contribution in [-0.4, -0.2) is 31.3 Å². The summed E-state index contributed by atoms with van der Waals surface area (Å²) < 4.78 is 5.33. The van der Waals surface area contributed by atoms with Gasteiger partial charge in [0.25, 0.3) is 0 Å². The summed E-state index contributed by atoms with van der Waals surface area (Å²) in [4.78, 5) is 0. The van der Waals surface area contributed by atoms with Gasteiger partial charge in [0.1, 0.15) is 0 Å². The average molecular weight is 232 g/mol. The van der Waals surface area contributed by atoms with Crippen molar-refractivity contribution in [3.05, 3.63) is 35.4 Å². The van der Waals surface area contributed by atoms with E-state index in [4.69, 9.17) is 4.74 Å². The molecule has 3 heteroatoms. The Morgan fingerprint density at radius 3 is 2.82 bits per heavy atom. The first-order valence-electron chi connectivity index (χ1n) is 6.57. The maximum absolute atomic E-state index is 5.33. The lowest BCUT2D eigenvalue weighted by molar-refractivity contribution is 0.0106. The molecular weight excluding hydrogens is 212 g/mol. The zero-order valence-corrected chi connectivity index (χ0v) is 10.2. The van der Waals surface area contributed by atoms with Gasteiger partial charge in [-0.1, -0.05) is 24.3 Å². The first kappa shape index (κ1) is 11.2. The minimum atomic E-state index is 0.842. The Labute approximate surface area is 103 Å². The van der Waals surface area contributed by atoms with Crippen LogP contribution in [-0.2, 0) is 11.3 Å². The molecule has 0 radical (unpaired) electrons. The summed E-state index contributed by atoms with van der Waals surface area (Å²) in [5.74, 6) is 0.846. The third-order valence-corrected chi connectivity index (χ3v) is 3.52. The molecule has 0 aromatic heterocycles. The number of ether oxygens (including phenoxy) is 1. The Kier molecular flexibility index (Phi) is 3.41. The number of hydrazine groups is 1. The molecule has 3 nitrogen and oxygen atoms in total. The van der Waals surface area contributed by atoms with Crippen molar-refractivity contribution in [2.24, 2.45) is 0 Å². The van der Waals surface area contributed by atoms with E-state index in [0.717, 1.165) is 38.8 Å². The molecule has 3 rings (SSSR count). The van der Waals surface area contributed by atoms with Crippen molar-refractivity contribution in [3.8, 4) is 0 Å². The summed E-state index contributed by atoms with van der Waals surface area (Å²) >= 11 is 0. The Balaban J connectivity index is 1.54. The van der Waals surface area contributed by atoms with Gasteiger partial charge in [0.05, 0.1) is 13.2 Å². The van der Waals surface area contributed by atoms with Gasteiger partial charge in [0.2, 0.25) is 0 Å². The Morgan fingerprint density at radius 1 is 1.24 bits per heavy atom. The molecule has 1 aliphatic carbocycles. The van der Waals surface area contributed by atoms with Gasteiger partial charge in [0, 0.05) is 19.6 Å². The van der Waals surface area contributed by atoms with Crippen molar-refractivity contribution in [2.45, 2.75) is 25.3 Å². The highest BCUT2D eigenvalue weighted by molar-refractivity contribution is 5.28. The highest BCUT2D eigenvalue weighted by Crippen LogP contribution is 2.40. The van der Waals surface area contributed by atoms with Gasteiger partial charge in [0.15, 0.2) is 0 Å². The molecule has 92 valence electrons. The topological polar surface area (TPSA) is 24.5 Å². The lowest BCUT2D eigenvalue weighted by Gasteiger charge is -2.27. The third kappa shape index (κ3) is 3.06. The smallest absolute Gasteiger partial charge is 0.0608 e. The monoisotopic (exact) mass is 232 g/mol. The molecule has 1 aromatic rings. The van der Waals surface area contributed by atoms with Crippen molar-refractivity contribution in [3.63, 3.8) is 0 Å². The highest BCUT2D eigenvalue weighted by atomic mass is 16.5. The Morgan fingerprint density at radius 2 is 2.06 bits per heavy atom. The summed E-state index contributed by atoms with van der Waals surface area (Å²) in [6, 6.07) is 9.00. The van der Waals surface area contributed by atoms with Crippen LogP contribution >= 0.6 is 0 Å². The molecule has 0 atom stereocenters. The quantitative estimate of drug-likeness (QED) is 0.858. The van der Waals surface area contributed by atoms with E-state index in [0.29, 0.717) is 0 Å². The molecule has 1 saturated heterocycles. The molecule has 1 N–H and O–H groups in total. The Hall–Kier alpha value is -0.900. The van der Waals surface area contributed by atoms with Crippen molar-refractivity contribution < 1.29 is 4.74 Å². The van der Waals surface area contributed by atoms with Crippen LogP contribution in [0.2, 0.25) is 0 Å². The number of benzene rings is 1. The maximum Gasteiger partial charge on any atom is 0.0608 e. The van der Waals surface area contributed by atoms with E-state index in [9.17, 15) is 0 Å². The molecule has 1 saturated carbocycles. The van der Waals surface area contributed by atoms with Crippen molar-refractivity contribution in [1.82, 2.24) is 10.4 Å². The number of nitrogens with one attached hydrogen (secondary N) is 1.